The Balaban J connectivity index is 2.80. The number of benzene rings is 1. The molecule has 1 rings (SSSR count). The molecule has 0 aliphatic rings. The first-order chi connectivity index (χ1) is 8.54. The van der Waals surface area contributed by atoms with Gasteiger partial charge < -0.3 is 10.2 Å². The van der Waals surface area contributed by atoms with Crippen LogP contribution in [0.25, 0.3) is 0 Å². The van der Waals surface area contributed by atoms with Gasteiger partial charge in [-0.3, -0.25) is 5.84 Å². The number of nitrogens with two attached hydrogens (primary N) is 1. The van der Waals surface area contributed by atoms with Crippen LogP contribution in [-0.4, -0.2) is 5.90 Å². The highest BCUT2D eigenvalue weighted by Gasteiger charge is 2.02. The Morgan fingerprint density at radius 1 is 1.44 bits per heavy atom. The van der Waals surface area contributed by atoms with Gasteiger partial charge in [0.1, 0.15) is 0 Å². The van der Waals surface area contributed by atoms with E-state index in [0.29, 0.717) is 11.6 Å². The van der Waals surface area contributed by atoms with Crippen molar-refractivity contribution in [3.8, 4) is 5.75 Å². The Kier molecular flexibility index (Phi) is 5.07. The zero-order valence-corrected chi connectivity index (χ0v) is 10.4. The van der Waals surface area contributed by atoms with Crippen molar-refractivity contribution in [1.82, 2.24) is 5.43 Å². The third-order valence-electron chi connectivity index (χ3n) is 2.09. The van der Waals surface area contributed by atoms with Gasteiger partial charge in [-0.25, -0.2) is 9.38 Å². The van der Waals surface area contributed by atoms with E-state index in [0.717, 1.165) is 5.57 Å². The maximum absolute atomic E-state index is 13.3. The molecule has 0 fully saturated rings. The van der Waals surface area contributed by atoms with Crippen LogP contribution in [0.5, 0.6) is 5.75 Å². The molecular weight excluding hydrogens is 233 g/mol. The molecule has 0 aliphatic carbocycles. The molecule has 0 aromatic heterocycles. The molecule has 0 aliphatic heterocycles. The van der Waals surface area contributed by atoms with Gasteiger partial charge in [-0.15, -0.1) is 0 Å². The van der Waals surface area contributed by atoms with Crippen LogP contribution in [0.15, 0.2) is 53.3 Å². The van der Waals surface area contributed by atoms with Gasteiger partial charge >= 0.3 is 0 Å². The highest BCUT2D eigenvalue weighted by Crippen LogP contribution is 2.15. The monoisotopic (exact) mass is 249 g/mol. The van der Waals surface area contributed by atoms with Crippen LogP contribution in [-0.2, 0) is 0 Å². The second-order valence-electron chi connectivity index (χ2n) is 3.65. The average Bonchev–Trinajstić information content (AvgIpc) is 2.32. The van der Waals surface area contributed by atoms with Crippen LogP contribution in [0.4, 0.5) is 4.39 Å². The van der Waals surface area contributed by atoms with Crippen molar-refractivity contribution in [1.29, 1.82) is 0 Å². The first kappa shape index (κ1) is 13.9. The predicted octanol–water partition coefficient (Wildman–Crippen LogP) is 2.50. The largest absolute Gasteiger partial charge is 0.440 e. The number of nitrogens with zero attached hydrogens (tertiary/aromatic N) is 1. The third kappa shape index (κ3) is 4.03. The van der Waals surface area contributed by atoms with Crippen LogP contribution in [0, 0.1) is 5.82 Å². The highest BCUT2D eigenvalue weighted by molar-refractivity contribution is 5.76. The van der Waals surface area contributed by atoms with E-state index in [9.17, 15) is 4.39 Å². The first-order valence-corrected chi connectivity index (χ1v) is 5.34. The second kappa shape index (κ2) is 6.56. The Morgan fingerprint density at radius 3 is 2.67 bits per heavy atom. The van der Waals surface area contributed by atoms with Crippen molar-refractivity contribution in [3.63, 3.8) is 0 Å². The summed E-state index contributed by atoms with van der Waals surface area (Å²) in [7, 11) is 0. The molecule has 0 amide bonds. The van der Waals surface area contributed by atoms with Crippen LogP contribution in [0.2, 0.25) is 0 Å². The fourth-order valence-electron chi connectivity index (χ4n) is 1.14. The summed E-state index contributed by atoms with van der Waals surface area (Å²) in [5.41, 5.74) is 3.77. The van der Waals surface area contributed by atoms with Crippen molar-refractivity contribution >= 4 is 5.90 Å². The number of para-hydroxylation sites is 1. The molecule has 3 N–H and O–H groups in total. The SMILES string of the molecule is C=C(C)/C(=C\N=C(/C)Oc1ccccc1F)NN. The predicted molar refractivity (Wildman–Crippen MR) is 70.4 cm³/mol. The molecule has 96 valence electrons. The minimum Gasteiger partial charge on any atom is -0.440 e. The van der Waals surface area contributed by atoms with Crippen molar-refractivity contribution in [3.05, 3.63) is 54.1 Å². The van der Waals surface area contributed by atoms with E-state index in [1.165, 1.54) is 18.3 Å². The van der Waals surface area contributed by atoms with E-state index in [4.69, 9.17) is 10.6 Å². The van der Waals surface area contributed by atoms with Gasteiger partial charge in [0.05, 0.1) is 11.9 Å². The molecular formula is C13H16FN3O. The topological polar surface area (TPSA) is 59.6 Å². The zero-order chi connectivity index (χ0) is 13.5. The summed E-state index contributed by atoms with van der Waals surface area (Å²) in [6.45, 7) is 7.13. The molecule has 18 heavy (non-hydrogen) atoms. The lowest BCUT2D eigenvalue weighted by Gasteiger charge is -2.06. The molecule has 0 spiro atoms. The van der Waals surface area contributed by atoms with Gasteiger partial charge in [0, 0.05) is 6.92 Å². The summed E-state index contributed by atoms with van der Waals surface area (Å²) in [5, 5.41) is 0. The number of ether oxygens (including phenoxy) is 1. The fourth-order valence-corrected chi connectivity index (χ4v) is 1.14. The summed E-state index contributed by atoms with van der Waals surface area (Å²) >= 11 is 0. The Bertz CT molecular complexity index is 495. The second-order valence-corrected chi connectivity index (χ2v) is 3.65. The van der Waals surface area contributed by atoms with E-state index < -0.39 is 5.82 Å². The molecule has 0 heterocycles. The molecule has 0 saturated heterocycles. The molecule has 5 heteroatoms. The van der Waals surface area contributed by atoms with Crippen LogP contribution < -0.4 is 16.0 Å². The molecule has 1 aromatic carbocycles. The maximum Gasteiger partial charge on any atom is 0.191 e. The Morgan fingerprint density at radius 2 is 2.11 bits per heavy atom. The first-order valence-electron chi connectivity index (χ1n) is 5.34. The fraction of sp³-hybridized carbons (Fsp3) is 0.154. The number of allylic oxidation sites excluding steroid dienone is 1. The van der Waals surface area contributed by atoms with Crippen molar-refractivity contribution in [2.45, 2.75) is 13.8 Å². The molecule has 0 bridgehead atoms. The van der Waals surface area contributed by atoms with Gasteiger partial charge in [-0.2, -0.15) is 0 Å². The lowest BCUT2D eigenvalue weighted by molar-refractivity contribution is 0.488. The smallest absolute Gasteiger partial charge is 0.191 e. The number of hydrazine groups is 1. The summed E-state index contributed by atoms with van der Waals surface area (Å²) < 4.78 is 18.6. The highest BCUT2D eigenvalue weighted by atomic mass is 19.1. The lowest BCUT2D eigenvalue weighted by atomic mass is 10.3. The van der Waals surface area contributed by atoms with E-state index in [2.05, 4.69) is 17.0 Å². The van der Waals surface area contributed by atoms with Gasteiger partial charge in [0.25, 0.3) is 0 Å². The van der Waals surface area contributed by atoms with Gasteiger partial charge in [0.2, 0.25) is 0 Å². The Hall–Kier alpha value is -2.14. The maximum atomic E-state index is 13.3. The quantitative estimate of drug-likeness (QED) is 0.283. The number of aliphatic imine (C=N–C) groups is 1. The molecule has 0 unspecified atom stereocenters. The summed E-state index contributed by atoms with van der Waals surface area (Å²) in [6, 6.07) is 6.12. The molecule has 0 saturated carbocycles. The van der Waals surface area contributed by atoms with E-state index in [1.807, 2.05) is 0 Å². The normalized spacial score (nSPS) is 12.2. The van der Waals surface area contributed by atoms with E-state index in [1.54, 1.807) is 26.0 Å². The summed E-state index contributed by atoms with van der Waals surface area (Å²) in [4.78, 5) is 4.02. The summed E-state index contributed by atoms with van der Waals surface area (Å²) in [6.07, 6.45) is 1.47. The van der Waals surface area contributed by atoms with Crippen molar-refractivity contribution < 1.29 is 9.13 Å². The minimum absolute atomic E-state index is 0.129. The van der Waals surface area contributed by atoms with E-state index >= 15 is 0 Å². The number of halogens is 1. The van der Waals surface area contributed by atoms with Crippen LogP contribution >= 0.6 is 0 Å². The number of hydrogen-bond acceptors (Lipinski definition) is 4. The van der Waals surface area contributed by atoms with Gasteiger partial charge in [-0.1, -0.05) is 18.7 Å². The van der Waals surface area contributed by atoms with E-state index in [-0.39, 0.29) is 5.75 Å². The molecule has 0 atom stereocenters. The molecule has 4 nitrogen and oxygen atoms in total. The van der Waals surface area contributed by atoms with Crippen LogP contribution in [0.1, 0.15) is 13.8 Å². The van der Waals surface area contributed by atoms with Crippen molar-refractivity contribution in [2.24, 2.45) is 10.8 Å². The van der Waals surface area contributed by atoms with Crippen molar-refractivity contribution in [2.75, 3.05) is 0 Å². The molecule has 0 radical (unpaired) electrons. The third-order valence-corrected chi connectivity index (χ3v) is 2.09. The Labute approximate surface area is 106 Å². The standard InChI is InChI=1S/C13H16FN3O/c1-9(2)12(17-15)8-16-10(3)18-13-7-5-4-6-11(13)14/h4-8,17H,1,15H2,2-3H3/b12-8+,16-10+. The van der Waals surface area contributed by atoms with Gasteiger partial charge in [-0.05, 0) is 24.6 Å². The van der Waals surface area contributed by atoms with Crippen LogP contribution in [0.3, 0.4) is 0 Å². The zero-order valence-electron chi connectivity index (χ0n) is 10.4. The number of nitrogens with one attached hydrogen (secondary N) is 1. The summed E-state index contributed by atoms with van der Waals surface area (Å²) in [5.74, 6) is 5.28. The number of rotatable bonds is 4. The lowest BCUT2D eigenvalue weighted by Crippen LogP contribution is -2.21. The number of hydrogen-bond donors (Lipinski definition) is 2. The van der Waals surface area contributed by atoms with Gasteiger partial charge in [0.15, 0.2) is 17.5 Å². The minimum atomic E-state index is -0.437. The average molecular weight is 249 g/mol. The molecule has 1 aromatic rings.